The molecule has 0 bridgehead atoms. The molecule has 0 atom stereocenters. The van der Waals surface area contributed by atoms with Crippen LogP contribution in [0.2, 0.25) is 5.02 Å². The third-order valence-corrected chi connectivity index (χ3v) is 2.98. The molecule has 0 aliphatic rings. The molecule has 5 nitrogen and oxygen atoms in total. The Hall–Kier alpha value is -2.40. The Bertz CT molecular complexity index is 626. The lowest BCUT2D eigenvalue weighted by Crippen LogP contribution is -2.30. The average Bonchev–Trinajstić information content (AvgIpc) is 2.37. The van der Waals surface area contributed by atoms with Gasteiger partial charge in [0.1, 0.15) is 11.5 Å². The first-order valence-corrected chi connectivity index (χ1v) is 6.73. The molecular weight excluding hydrogens is 292 g/mol. The molecule has 0 saturated heterocycles. The molecule has 4 N–H and O–H groups in total. The average molecular weight is 307 g/mol. The van der Waals surface area contributed by atoms with E-state index in [1.54, 1.807) is 6.07 Å². The summed E-state index contributed by atoms with van der Waals surface area (Å²) in [7, 11) is 0. The summed E-state index contributed by atoms with van der Waals surface area (Å²) in [5, 5.41) is 24.5. The number of phenolic OH excluding ortho intramolecular Hbond substituents is 2. The van der Waals surface area contributed by atoms with Crippen molar-refractivity contribution < 1.29 is 15.0 Å². The molecule has 21 heavy (non-hydrogen) atoms. The second-order valence-electron chi connectivity index (χ2n) is 4.50. The van der Waals surface area contributed by atoms with Gasteiger partial charge in [0.05, 0.1) is 0 Å². The number of nitrogens with one attached hydrogen (secondary N) is 2. The fourth-order valence-electron chi connectivity index (χ4n) is 1.86. The van der Waals surface area contributed by atoms with Gasteiger partial charge in [-0.05, 0) is 24.1 Å². The van der Waals surface area contributed by atoms with Crippen LogP contribution < -0.4 is 10.6 Å². The third kappa shape index (κ3) is 4.89. The van der Waals surface area contributed by atoms with E-state index in [1.807, 2.05) is 18.2 Å². The molecule has 0 unspecified atom stereocenters. The van der Waals surface area contributed by atoms with Crippen LogP contribution in [0.3, 0.4) is 0 Å². The normalized spacial score (nSPS) is 10.1. The fraction of sp³-hybridized carbons (Fsp3) is 0.133. The SMILES string of the molecule is O=C(NCCc1cccc(Cl)c1)Nc1cc(O)cc(O)c1. The van der Waals surface area contributed by atoms with E-state index in [9.17, 15) is 15.0 Å². The molecule has 0 radical (unpaired) electrons. The molecule has 2 aromatic rings. The van der Waals surface area contributed by atoms with Crippen molar-refractivity contribution in [3.8, 4) is 11.5 Å². The van der Waals surface area contributed by atoms with Gasteiger partial charge in [0.2, 0.25) is 0 Å². The van der Waals surface area contributed by atoms with Gasteiger partial charge in [-0.25, -0.2) is 4.79 Å². The zero-order chi connectivity index (χ0) is 15.2. The molecule has 0 aliphatic carbocycles. The number of rotatable bonds is 4. The van der Waals surface area contributed by atoms with Gasteiger partial charge < -0.3 is 20.8 Å². The Morgan fingerprint density at radius 1 is 1.10 bits per heavy atom. The van der Waals surface area contributed by atoms with Crippen molar-refractivity contribution in [1.82, 2.24) is 5.32 Å². The highest BCUT2D eigenvalue weighted by Gasteiger charge is 2.04. The lowest BCUT2D eigenvalue weighted by Gasteiger charge is -2.08. The number of hydrogen-bond acceptors (Lipinski definition) is 3. The number of carbonyl (C=O) groups excluding carboxylic acids is 1. The zero-order valence-electron chi connectivity index (χ0n) is 11.1. The van der Waals surface area contributed by atoms with E-state index < -0.39 is 6.03 Å². The highest BCUT2D eigenvalue weighted by atomic mass is 35.5. The molecule has 110 valence electrons. The van der Waals surface area contributed by atoms with Crippen LogP contribution in [0.5, 0.6) is 11.5 Å². The molecular formula is C15H15ClN2O3. The topological polar surface area (TPSA) is 81.6 Å². The van der Waals surface area contributed by atoms with E-state index in [1.165, 1.54) is 18.2 Å². The number of aromatic hydroxyl groups is 2. The van der Waals surface area contributed by atoms with Crippen molar-refractivity contribution in [2.45, 2.75) is 6.42 Å². The van der Waals surface area contributed by atoms with Gasteiger partial charge in [-0.15, -0.1) is 0 Å². The lowest BCUT2D eigenvalue weighted by atomic mass is 10.1. The number of anilines is 1. The third-order valence-electron chi connectivity index (χ3n) is 2.75. The van der Waals surface area contributed by atoms with Gasteiger partial charge >= 0.3 is 6.03 Å². The number of benzene rings is 2. The van der Waals surface area contributed by atoms with E-state index in [2.05, 4.69) is 10.6 Å². The smallest absolute Gasteiger partial charge is 0.319 e. The minimum Gasteiger partial charge on any atom is -0.508 e. The molecule has 0 saturated carbocycles. The molecule has 0 aromatic heterocycles. The first-order valence-electron chi connectivity index (χ1n) is 6.35. The Kier molecular flexibility index (Phi) is 4.90. The van der Waals surface area contributed by atoms with E-state index in [-0.39, 0.29) is 11.5 Å². The number of carbonyl (C=O) groups is 1. The van der Waals surface area contributed by atoms with Crippen LogP contribution >= 0.6 is 11.6 Å². The first-order chi connectivity index (χ1) is 10.0. The predicted octanol–water partition coefficient (Wildman–Crippen LogP) is 3.12. The van der Waals surface area contributed by atoms with Crippen LogP contribution in [0, 0.1) is 0 Å². The monoisotopic (exact) mass is 306 g/mol. The van der Waals surface area contributed by atoms with Crippen LogP contribution in [0.15, 0.2) is 42.5 Å². The number of phenols is 2. The van der Waals surface area contributed by atoms with Crippen molar-refractivity contribution in [2.24, 2.45) is 0 Å². The Labute approximate surface area is 127 Å². The largest absolute Gasteiger partial charge is 0.508 e. The summed E-state index contributed by atoms with van der Waals surface area (Å²) in [6.45, 7) is 0.441. The summed E-state index contributed by atoms with van der Waals surface area (Å²) >= 11 is 5.88. The van der Waals surface area contributed by atoms with E-state index >= 15 is 0 Å². The standard InChI is InChI=1S/C15H15ClN2O3/c16-11-3-1-2-10(6-11)4-5-17-15(21)18-12-7-13(19)9-14(20)8-12/h1-3,6-9,19-20H,4-5H2,(H2,17,18,21). The van der Waals surface area contributed by atoms with Crippen molar-refractivity contribution in [3.05, 3.63) is 53.1 Å². The van der Waals surface area contributed by atoms with Gasteiger partial charge in [0.15, 0.2) is 0 Å². The van der Waals surface area contributed by atoms with Crippen LogP contribution in [0.4, 0.5) is 10.5 Å². The first kappa shape index (κ1) is 15.0. The van der Waals surface area contributed by atoms with E-state index in [4.69, 9.17) is 11.6 Å². The quantitative estimate of drug-likeness (QED) is 0.700. The maximum absolute atomic E-state index is 11.7. The summed E-state index contributed by atoms with van der Waals surface area (Å²) in [6.07, 6.45) is 0.652. The van der Waals surface area contributed by atoms with Crippen LogP contribution in [-0.2, 0) is 6.42 Å². The van der Waals surface area contributed by atoms with Gasteiger partial charge in [0.25, 0.3) is 0 Å². The fourth-order valence-corrected chi connectivity index (χ4v) is 2.07. The molecule has 0 fully saturated rings. The van der Waals surface area contributed by atoms with Crippen molar-refractivity contribution in [3.63, 3.8) is 0 Å². The second kappa shape index (κ2) is 6.85. The summed E-state index contributed by atoms with van der Waals surface area (Å²) in [4.78, 5) is 11.7. The van der Waals surface area contributed by atoms with Crippen molar-refractivity contribution in [1.29, 1.82) is 0 Å². The Balaban J connectivity index is 1.82. The molecule has 0 aliphatic heterocycles. The second-order valence-corrected chi connectivity index (χ2v) is 4.94. The molecule has 0 spiro atoms. The zero-order valence-corrected chi connectivity index (χ0v) is 11.9. The number of halogens is 1. The number of hydrogen-bond donors (Lipinski definition) is 4. The number of amides is 2. The summed E-state index contributed by atoms with van der Waals surface area (Å²) in [5.74, 6) is -0.242. The van der Waals surface area contributed by atoms with Crippen LogP contribution in [0.25, 0.3) is 0 Å². The molecule has 2 rings (SSSR count). The predicted molar refractivity (Wildman–Crippen MR) is 81.9 cm³/mol. The molecule has 0 heterocycles. The molecule has 2 amide bonds. The van der Waals surface area contributed by atoms with Gasteiger partial charge in [-0.1, -0.05) is 23.7 Å². The van der Waals surface area contributed by atoms with Crippen molar-refractivity contribution >= 4 is 23.3 Å². The summed E-state index contributed by atoms with van der Waals surface area (Å²) < 4.78 is 0. The minimum atomic E-state index is -0.415. The minimum absolute atomic E-state index is 0.121. The van der Waals surface area contributed by atoms with Gasteiger partial charge in [-0.2, -0.15) is 0 Å². The number of urea groups is 1. The van der Waals surface area contributed by atoms with Gasteiger partial charge in [0, 0.05) is 35.5 Å². The maximum atomic E-state index is 11.7. The summed E-state index contributed by atoms with van der Waals surface area (Å²) in [5.41, 5.74) is 1.34. The van der Waals surface area contributed by atoms with Gasteiger partial charge in [-0.3, -0.25) is 0 Å². The maximum Gasteiger partial charge on any atom is 0.319 e. The van der Waals surface area contributed by atoms with Crippen LogP contribution in [-0.4, -0.2) is 22.8 Å². The van der Waals surface area contributed by atoms with Crippen LogP contribution in [0.1, 0.15) is 5.56 Å². The lowest BCUT2D eigenvalue weighted by molar-refractivity contribution is 0.252. The highest BCUT2D eigenvalue weighted by Crippen LogP contribution is 2.23. The molecule has 6 heteroatoms. The van der Waals surface area contributed by atoms with Crippen molar-refractivity contribution in [2.75, 3.05) is 11.9 Å². The molecule has 2 aromatic carbocycles. The Morgan fingerprint density at radius 3 is 2.48 bits per heavy atom. The highest BCUT2D eigenvalue weighted by molar-refractivity contribution is 6.30. The van der Waals surface area contributed by atoms with E-state index in [0.29, 0.717) is 23.7 Å². The Morgan fingerprint density at radius 2 is 1.81 bits per heavy atom. The van der Waals surface area contributed by atoms with E-state index in [0.717, 1.165) is 5.56 Å². The summed E-state index contributed by atoms with van der Waals surface area (Å²) in [6, 6.07) is 10.9.